The van der Waals surface area contributed by atoms with Gasteiger partial charge >= 0.3 is 5.97 Å². The van der Waals surface area contributed by atoms with Crippen LogP contribution in [-0.4, -0.2) is 34.0 Å². The number of halogens is 1. The summed E-state index contributed by atoms with van der Waals surface area (Å²) in [7, 11) is 0. The Labute approximate surface area is 196 Å². The van der Waals surface area contributed by atoms with Gasteiger partial charge in [0.15, 0.2) is 5.11 Å². The number of carbonyl (C=O) groups is 1. The molecule has 31 heavy (non-hydrogen) atoms. The number of nitrogens with one attached hydrogen (secondary N) is 2. The maximum Gasteiger partial charge on any atom is 0.341 e. The van der Waals surface area contributed by atoms with Crippen molar-refractivity contribution >= 4 is 51.2 Å². The molecule has 0 atom stereocenters. The minimum absolute atomic E-state index is 0.321. The summed E-state index contributed by atoms with van der Waals surface area (Å²) in [6.07, 6.45) is 3.22. The molecule has 2 N–H and O–H groups in total. The van der Waals surface area contributed by atoms with Crippen LogP contribution < -0.4 is 10.6 Å². The largest absolute Gasteiger partial charge is 0.462 e. The predicted molar refractivity (Wildman–Crippen MR) is 130 cm³/mol. The fraction of sp³-hybridized carbons (Fsp3) is 0.318. The van der Waals surface area contributed by atoms with Crippen LogP contribution in [0.3, 0.4) is 0 Å². The van der Waals surface area contributed by atoms with Gasteiger partial charge in [-0.1, -0.05) is 41.9 Å². The lowest BCUT2D eigenvalue weighted by atomic mass is 10.1. The Hall–Kier alpha value is -2.42. The molecular formula is C22H25ClN4O2S2. The molecular weight excluding hydrogens is 452 g/mol. The zero-order chi connectivity index (χ0) is 22.2. The topological polar surface area (TPSA) is 68.2 Å². The van der Waals surface area contributed by atoms with Gasteiger partial charge in [0.2, 0.25) is 0 Å². The average molecular weight is 477 g/mol. The van der Waals surface area contributed by atoms with Crippen molar-refractivity contribution in [2.24, 2.45) is 0 Å². The second kappa shape index (κ2) is 11.3. The highest BCUT2D eigenvalue weighted by molar-refractivity contribution is 7.80. The molecule has 164 valence electrons. The zero-order valence-corrected chi connectivity index (χ0v) is 19.9. The number of anilines is 1. The lowest BCUT2D eigenvalue weighted by Crippen LogP contribution is -2.30. The number of hydrogen-bond acceptors (Lipinski definition) is 5. The fourth-order valence-corrected chi connectivity index (χ4v) is 4.50. The molecule has 2 aromatic heterocycles. The van der Waals surface area contributed by atoms with Gasteiger partial charge in [-0.15, -0.1) is 11.3 Å². The minimum atomic E-state index is -0.352. The number of benzene rings is 1. The van der Waals surface area contributed by atoms with Crippen molar-refractivity contribution in [2.75, 3.05) is 18.5 Å². The molecule has 0 aliphatic heterocycles. The molecule has 0 saturated heterocycles. The highest BCUT2D eigenvalue weighted by Gasteiger charge is 2.18. The summed E-state index contributed by atoms with van der Waals surface area (Å²) in [5.74, 6) is -0.352. The zero-order valence-electron chi connectivity index (χ0n) is 17.5. The van der Waals surface area contributed by atoms with Gasteiger partial charge in [-0.25, -0.2) is 4.79 Å². The molecule has 0 saturated carbocycles. The van der Waals surface area contributed by atoms with Gasteiger partial charge in [0.05, 0.1) is 29.1 Å². The molecule has 6 nitrogen and oxygen atoms in total. The molecule has 2 heterocycles. The Kier molecular flexibility index (Phi) is 8.45. The summed E-state index contributed by atoms with van der Waals surface area (Å²) < 4.78 is 7.09. The van der Waals surface area contributed by atoms with Crippen molar-refractivity contribution in [1.82, 2.24) is 15.1 Å². The molecule has 0 radical (unpaired) electrons. The standard InChI is InChI=1S/C22H25ClN4O2S2/c1-3-29-21(28)18-13-17(12-16-8-5-4-6-9-16)31-20(18)26-22(30)24-10-7-11-27-15(2)19(23)14-25-27/h4-6,8-9,13-14H,3,7,10-12H2,1-2H3,(H2,24,26,30). The van der Waals surface area contributed by atoms with E-state index in [4.69, 9.17) is 28.6 Å². The number of thiophene rings is 1. The summed E-state index contributed by atoms with van der Waals surface area (Å²) >= 11 is 13.0. The van der Waals surface area contributed by atoms with E-state index in [1.54, 1.807) is 13.1 Å². The van der Waals surface area contributed by atoms with Gasteiger partial charge in [-0.3, -0.25) is 4.68 Å². The minimum Gasteiger partial charge on any atom is -0.462 e. The van der Waals surface area contributed by atoms with Crippen molar-refractivity contribution in [3.05, 3.63) is 69.3 Å². The maximum atomic E-state index is 12.4. The number of esters is 1. The number of nitrogens with zero attached hydrogens (tertiary/aromatic N) is 2. The Morgan fingerprint density at radius 1 is 1.32 bits per heavy atom. The van der Waals surface area contributed by atoms with Crippen molar-refractivity contribution < 1.29 is 9.53 Å². The number of hydrogen-bond donors (Lipinski definition) is 2. The third-order valence-corrected chi connectivity index (χ3v) is 6.27. The van der Waals surface area contributed by atoms with Gasteiger partial charge in [-0.2, -0.15) is 5.10 Å². The number of ether oxygens (including phenoxy) is 1. The summed E-state index contributed by atoms with van der Waals surface area (Å²) in [4.78, 5) is 13.5. The number of thiocarbonyl (C=S) groups is 1. The number of aromatic nitrogens is 2. The van der Waals surface area contributed by atoms with Gasteiger partial charge in [0, 0.05) is 24.4 Å². The fourth-order valence-electron chi connectivity index (χ4n) is 3.01. The third-order valence-electron chi connectivity index (χ3n) is 4.60. The maximum absolute atomic E-state index is 12.4. The summed E-state index contributed by atoms with van der Waals surface area (Å²) in [5, 5.41) is 12.4. The van der Waals surface area contributed by atoms with E-state index in [1.165, 1.54) is 16.9 Å². The van der Waals surface area contributed by atoms with E-state index in [9.17, 15) is 4.79 Å². The van der Waals surface area contributed by atoms with Crippen molar-refractivity contribution in [2.45, 2.75) is 33.2 Å². The molecule has 0 spiro atoms. The Morgan fingerprint density at radius 2 is 2.10 bits per heavy atom. The van der Waals surface area contributed by atoms with E-state index in [0.29, 0.717) is 33.9 Å². The van der Waals surface area contributed by atoms with Crippen LogP contribution in [0.1, 0.15) is 39.8 Å². The molecule has 0 bridgehead atoms. The quantitative estimate of drug-likeness (QED) is 0.256. The molecule has 0 aliphatic rings. The van der Waals surface area contributed by atoms with E-state index >= 15 is 0 Å². The van der Waals surface area contributed by atoms with Crippen LogP contribution in [0.25, 0.3) is 0 Å². The molecule has 0 aliphatic carbocycles. The Balaban J connectivity index is 1.59. The summed E-state index contributed by atoms with van der Waals surface area (Å²) in [6.45, 7) is 5.46. The second-order valence-electron chi connectivity index (χ2n) is 6.87. The van der Waals surface area contributed by atoms with E-state index in [0.717, 1.165) is 30.0 Å². The Morgan fingerprint density at radius 3 is 2.77 bits per heavy atom. The smallest absolute Gasteiger partial charge is 0.341 e. The van der Waals surface area contributed by atoms with Gasteiger partial charge < -0.3 is 15.4 Å². The second-order valence-corrected chi connectivity index (χ2v) is 8.83. The first-order valence-corrected chi connectivity index (χ1v) is 11.6. The van der Waals surface area contributed by atoms with E-state index in [1.807, 2.05) is 35.9 Å². The third kappa shape index (κ3) is 6.53. The van der Waals surface area contributed by atoms with Crippen LogP contribution in [0.2, 0.25) is 5.02 Å². The first kappa shape index (κ1) is 23.2. The SMILES string of the molecule is CCOC(=O)c1cc(Cc2ccccc2)sc1NC(=S)NCCCn1ncc(Cl)c1C. The van der Waals surface area contributed by atoms with E-state index in [-0.39, 0.29) is 5.97 Å². The summed E-state index contributed by atoms with van der Waals surface area (Å²) in [5.41, 5.74) is 2.63. The highest BCUT2D eigenvalue weighted by atomic mass is 35.5. The van der Waals surface area contributed by atoms with Crippen LogP contribution in [-0.2, 0) is 17.7 Å². The number of carbonyl (C=O) groups excluding carboxylic acids is 1. The molecule has 1 aromatic carbocycles. The van der Waals surface area contributed by atoms with Crippen molar-refractivity contribution in [3.8, 4) is 0 Å². The molecule has 0 fully saturated rings. The van der Waals surface area contributed by atoms with Crippen LogP contribution >= 0.6 is 35.2 Å². The van der Waals surface area contributed by atoms with Crippen LogP contribution in [0, 0.1) is 6.92 Å². The van der Waals surface area contributed by atoms with Gasteiger partial charge in [0.1, 0.15) is 5.00 Å². The van der Waals surface area contributed by atoms with Crippen LogP contribution in [0.4, 0.5) is 5.00 Å². The average Bonchev–Trinajstić information content (AvgIpc) is 3.29. The molecule has 9 heteroatoms. The summed E-state index contributed by atoms with van der Waals surface area (Å²) in [6, 6.07) is 12.0. The van der Waals surface area contributed by atoms with Crippen molar-refractivity contribution in [3.63, 3.8) is 0 Å². The number of rotatable bonds is 9. The lowest BCUT2D eigenvalue weighted by Gasteiger charge is -2.11. The normalized spacial score (nSPS) is 10.7. The molecule has 3 aromatic rings. The first-order chi connectivity index (χ1) is 15.0. The molecule has 0 unspecified atom stereocenters. The van der Waals surface area contributed by atoms with E-state index < -0.39 is 0 Å². The first-order valence-electron chi connectivity index (χ1n) is 10.0. The molecule has 0 amide bonds. The predicted octanol–water partition coefficient (Wildman–Crippen LogP) is 5.05. The van der Waals surface area contributed by atoms with E-state index in [2.05, 4.69) is 27.9 Å². The lowest BCUT2D eigenvalue weighted by molar-refractivity contribution is 0.0528. The molecule has 3 rings (SSSR count). The van der Waals surface area contributed by atoms with Crippen LogP contribution in [0.5, 0.6) is 0 Å². The number of aryl methyl sites for hydroxylation is 1. The monoisotopic (exact) mass is 476 g/mol. The van der Waals surface area contributed by atoms with Gasteiger partial charge in [-0.05, 0) is 44.1 Å². The van der Waals surface area contributed by atoms with Crippen LogP contribution in [0.15, 0.2) is 42.6 Å². The highest BCUT2D eigenvalue weighted by Crippen LogP contribution is 2.30. The van der Waals surface area contributed by atoms with Crippen molar-refractivity contribution in [1.29, 1.82) is 0 Å². The Bertz CT molecular complexity index is 1030. The van der Waals surface area contributed by atoms with Gasteiger partial charge in [0.25, 0.3) is 0 Å².